The molecule has 1 aromatic carbocycles. The van der Waals surface area contributed by atoms with Crippen molar-refractivity contribution >= 4 is 0 Å². The Balaban J connectivity index is 2.04. The number of rotatable bonds is 4. The number of aryl methyl sites for hydroxylation is 1. The van der Waals surface area contributed by atoms with Gasteiger partial charge in [0.25, 0.3) is 0 Å². The lowest BCUT2D eigenvalue weighted by Crippen LogP contribution is -2.45. The minimum atomic E-state index is -0.346. The van der Waals surface area contributed by atoms with Gasteiger partial charge in [0, 0.05) is 23.0 Å². The first-order chi connectivity index (χ1) is 11.3. The molecule has 2 unspecified atom stereocenters. The van der Waals surface area contributed by atoms with Gasteiger partial charge in [-0.1, -0.05) is 31.4 Å². The molecule has 3 rings (SSSR count). The molecule has 1 aromatic rings. The number of ether oxygens (including phenoxy) is 1. The van der Waals surface area contributed by atoms with E-state index in [1.165, 1.54) is 5.57 Å². The van der Waals surface area contributed by atoms with E-state index in [1.54, 1.807) is 6.07 Å². The Labute approximate surface area is 145 Å². The lowest BCUT2D eigenvalue weighted by Gasteiger charge is -2.47. The second-order valence-electron chi connectivity index (χ2n) is 8.01. The molecule has 0 fully saturated rings. The number of hydrogen-bond acceptors (Lipinski definition) is 3. The first-order valence-corrected chi connectivity index (χ1v) is 9.27. The molecule has 2 atom stereocenters. The molecule has 1 aliphatic carbocycles. The van der Waals surface area contributed by atoms with Gasteiger partial charge in [0.2, 0.25) is 0 Å². The zero-order valence-corrected chi connectivity index (χ0v) is 15.4. The molecule has 0 amide bonds. The number of hydrogen-bond donors (Lipinski definition) is 2. The van der Waals surface area contributed by atoms with Crippen LogP contribution in [0.15, 0.2) is 17.7 Å². The summed E-state index contributed by atoms with van der Waals surface area (Å²) in [5, 5.41) is 21.5. The minimum Gasteiger partial charge on any atom is -0.508 e. The van der Waals surface area contributed by atoms with Gasteiger partial charge in [-0.05, 0) is 52.5 Å². The molecule has 1 aliphatic heterocycles. The third-order valence-corrected chi connectivity index (χ3v) is 5.78. The predicted octanol–water partition coefficient (Wildman–Crippen LogP) is 5.44. The molecule has 0 aromatic heterocycles. The molecule has 0 radical (unpaired) electrons. The number of fused-ring (bicyclic) bond motifs is 3. The maximum atomic E-state index is 10.8. The van der Waals surface area contributed by atoms with Gasteiger partial charge in [0.05, 0.1) is 0 Å². The lowest BCUT2D eigenvalue weighted by molar-refractivity contribution is 0.00499. The fraction of sp³-hybridized carbons (Fsp3) is 0.619. The summed E-state index contributed by atoms with van der Waals surface area (Å²) in [5.74, 6) is 1.57. The van der Waals surface area contributed by atoms with Crippen LogP contribution in [0.1, 0.15) is 76.8 Å². The number of aromatic hydroxyl groups is 2. The Kier molecular flexibility index (Phi) is 4.54. The van der Waals surface area contributed by atoms with Crippen molar-refractivity contribution in [2.75, 3.05) is 0 Å². The quantitative estimate of drug-likeness (QED) is 0.439. The van der Waals surface area contributed by atoms with Crippen molar-refractivity contribution in [3.05, 3.63) is 28.8 Å². The molecule has 0 spiro atoms. The predicted molar refractivity (Wildman–Crippen MR) is 96.9 cm³/mol. The van der Waals surface area contributed by atoms with Crippen molar-refractivity contribution in [1.29, 1.82) is 0 Å². The third kappa shape index (κ3) is 2.89. The molecule has 0 bridgehead atoms. The zero-order valence-electron chi connectivity index (χ0n) is 15.4. The van der Waals surface area contributed by atoms with Crippen LogP contribution >= 0.6 is 0 Å². The fourth-order valence-electron chi connectivity index (χ4n) is 4.39. The van der Waals surface area contributed by atoms with Gasteiger partial charge in [-0.2, -0.15) is 0 Å². The van der Waals surface area contributed by atoms with Crippen LogP contribution in [-0.2, 0) is 6.42 Å². The molecule has 3 heteroatoms. The van der Waals surface area contributed by atoms with Gasteiger partial charge >= 0.3 is 0 Å². The van der Waals surface area contributed by atoms with E-state index in [2.05, 4.69) is 33.8 Å². The Hall–Kier alpha value is -1.64. The molecule has 132 valence electrons. The van der Waals surface area contributed by atoms with Crippen LogP contribution in [0.3, 0.4) is 0 Å². The first kappa shape index (κ1) is 17.2. The second kappa shape index (κ2) is 6.34. The smallest absolute Gasteiger partial charge is 0.169 e. The Morgan fingerprint density at radius 3 is 2.71 bits per heavy atom. The second-order valence-corrected chi connectivity index (χ2v) is 8.01. The normalized spacial score (nSPS) is 24.6. The molecule has 24 heavy (non-hydrogen) atoms. The van der Waals surface area contributed by atoms with Crippen LogP contribution in [-0.4, -0.2) is 15.8 Å². The molecule has 1 heterocycles. The highest BCUT2D eigenvalue weighted by molar-refractivity contribution is 5.60. The Morgan fingerprint density at radius 1 is 1.25 bits per heavy atom. The van der Waals surface area contributed by atoms with Crippen molar-refractivity contribution in [3.63, 3.8) is 0 Å². The van der Waals surface area contributed by atoms with Gasteiger partial charge in [-0.15, -0.1) is 0 Å². The largest absolute Gasteiger partial charge is 0.508 e. The highest BCUT2D eigenvalue weighted by Crippen LogP contribution is 2.57. The average Bonchev–Trinajstić information content (AvgIpc) is 2.51. The first-order valence-electron chi connectivity index (χ1n) is 9.27. The topological polar surface area (TPSA) is 49.7 Å². The lowest BCUT2D eigenvalue weighted by atomic mass is 9.67. The van der Waals surface area contributed by atoms with Crippen molar-refractivity contribution < 1.29 is 14.9 Å². The van der Waals surface area contributed by atoms with Crippen LogP contribution in [0.4, 0.5) is 0 Å². The van der Waals surface area contributed by atoms with Gasteiger partial charge in [-0.25, -0.2) is 0 Å². The standard InChI is InChI=1S/C21H30O3/c1-5-6-7-8-14-12-17(22)18-15-11-13(2)9-10-16(15)21(3,4)24-20(18)19(14)23/h9,12,15-16,22-23H,5-8,10-11H2,1-4H3. The average molecular weight is 330 g/mol. The van der Waals surface area contributed by atoms with Crippen molar-refractivity contribution in [2.45, 2.75) is 77.7 Å². The van der Waals surface area contributed by atoms with Crippen molar-refractivity contribution in [1.82, 2.24) is 0 Å². The summed E-state index contributed by atoms with van der Waals surface area (Å²) in [6.07, 6.45) is 8.22. The zero-order chi connectivity index (χ0) is 17.5. The van der Waals surface area contributed by atoms with E-state index in [4.69, 9.17) is 4.74 Å². The molecule has 2 aliphatic rings. The summed E-state index contributed by atoms with van der Waals surface area (Å²) in [7, 11) is 0. The summed E-state index contributed by atoms with van der Waals surface area (Å²) in [6, 6.07) is 1.76. The summed E-state index contributed by atoms with van der Waals surface area (Å²) in [5.41, 5.74) is 2.62. The van der Waals surface area contributed by atoms with Crippen molar-refractivity contribution in [3.8, 4) is 17.2 Å². The van der Waals surface area contributed by atoms with E-state index < -0.39 is 0 Å². The monoisotopic (exact) mass is 330 g/mol. The number of phenolic OH excluding ortho intramolecular Hbond substituents is 2. The van der Waals surface area contributed by atoms with Crippen LogP contribution in [0, 0.1) is 5.92 Å². The van der Waals surface area contributed by atoms with E-state index in [0.717, 1.165) is 49.7 Å². The summed E-state index contributed by atoms with van der Waals surface area (Å²) >= 11 is 0. The number of benzene rings is 1. The highest BCUT2D eigenvalue weighted by Gasteiger charge is 2.46. The number of unbranched alkanes of at least 4 members (excludes halogenated alkanes) is 2. The van der Waals surface area contributed by atoms with Gasteiger partial charge in [-0.3, -0.25) is 0 Å². The van der Waals surface area contributed by atoms with Crippen LogP contribution < -0.4 is 4.74 Å². The van der Waals surface area contributed by atoms with Gasteiger partial charge < -0.3 is 14.9 Å². The van der Waals surface area contributed by atoms with Crippen molar-refractivity contribution in [2.24, 2.45) is 5.92 Å². The Bertz CT molecular complexity index is 658. The maximum Gasteiger partial charge on any atom is 0.169 e. The minimum absolute atomic E-state index is 0.212. The van der Waals surface area contributed by atoms with E-state index in [9.17, 15) is 10.2 Å². The number of phenols is 2. The number of allylic oxidation sites excluding steroid dienone is 2. The summed E-state index contributed by atoms with van der Waals surface area (Å²) < 4.78 is 6.24. The maximum absolute atomic E-state index is 10.8. The van der Waals surface area contributed by atoms with Gasteiger partial charge in [0.15, 0.2) is 11.5 Å². The van der Waals surface area contributed by atoms with Crippen LogP contribution in [0.25, 0.3) is 0 Å². The molecule has 2 N–H and O–H groups in total. The molecule has 0 saturated heterocycles. The SMILES string of the molecule is CCCCCc1cc(O)c2c(c1O)OC(C)(C)C1CC=C(C)CC21. The van der Waals surface area contributed by atoms with Gasteiger partial charge in [0.1, 0.15) is 11.4 Å². The third-order valence-electron chi connectivity index (χ3n) is 5.78. The summed E-state index contributed by atoms with van der Waals surface area (Å²) in [6.45, 7) is 8.51. The van der Waals surface area contributed by atoms with E-state index in [1.807, 2.05) is 0 Å². The summed E-state index contributed by atoms with van der Waals surface area (Å²) in [4.78, 5) is 0. The van der Waals surface area contributed by atoms with Crippen LogP contribution in [0.5, 0.6) is 17.2 Å². The van der Waals surface area contributed by atoms with E-state index in [-0.39, 0.29) is 23.0 Å². The van der Waals surface area contributed by atoms with E-state index in [0.29, 0.717) is 11.7 Å². The highest BCUT2D eigenvalue weighted by atomic mass is 16.5. The molecular weight excluding hydrogens is 300 g/mol. The van der Waals surface area contributed by atoms with Crippen LogP contribution in [0.2, 0.25) is 0 Å². The van der Waals surface area contributed by atoms with E-state index >= 15 is 0 Å². The molecular formula is C21H30O3. The Morgan fingerprint density at radius 2 is 2.00 bits per heavy atom. The molecule has 0 saturated carbocycles. The molecule has 3 nitrogen and oxygen atoms in total. The fourth-order valence-corrected chi connectivity index (χ4v) is 4.39.